The van der Waals surface area contributed by atoms with Gasteiger partial charge in [0.15, 0.2) is 0 Å². The summed E-state index contributed by atoms with van der Waals surface area (Å²) in [6.45, 7) is 6.29. The zero-order valence-electron chi connectivity index (χ0n) is 8.39. The average molecular weight is 158 g/mol. The van der Waals surface area contributed by atoms with E-state index in [1.54, 1.807) is 0 Å². The second-order valence-corrected chi connectivity index (χ2v) is 3.04. The highest BCUT2D eigenvalue weighted by Gasteiger charge is 2.19. The Kier molecular flexibility index (Phi) is 6.63. The molecule has 1 aliphatic rings. The van der Waals surface area contributed by atoms with Gasteiger partial charge in [-0.25, -0.2) is 0 Å². The van der Waals surface area contributed by atoms with Crippen molar-refractivity contribution in [3.63, 3.8) is 0 Å². The molecule has 0 saturated heterocycles. The second-order valence-electron chi connectivity index (χ2n) is 3.04. The van der Waals surface area contributed by atoms with E-state index in [1.165, 1.54) is 25.7 Å². The third kappa shape index (κ3) is 3.76. The fraction of sp³-hybridized carbons (Fsp3) is 1.00. The quantitative estimate of drug-likeness (QED) is 0.569. The van der Waals surface area contributed by atoms with Gasteiger partial charge in [-0.15, -0.1) is 0 Å². The van der Waals surface area contributed by atoms with E-state index in [0.29, 0.717) is 6.10 Å². The Bertz CT molecular complexity index is 80.9. The molecular weight excluding hydrogens is 136 g/mol. The van der Waals surface area contributed by atoms with Crippen molar-refractivity contribution in [1.29, 1.82) is 0 Å². The van der Waals surface area contributed by atoms with Crippen LogP contribution in [-0.4, -0.2) is 13.2 Å². The van der Waals surface area contributed by atoms with Gasteiger partial charge in [-0.05, 0) is 18.8 Å². The van der Waals surface area contributed by atoms with Crippen LogP contribution in [-0.2, 0) is 4.74 Å². The Morgan fingerprint density at radius 1 is 1.09 bits per heavy atom. The average Bonchev–Trinajstić information content (AvgIpc) is 2.09. The summed E-state index contributed by atoms with van der Waals surface area (Å²) in [6.07, 6.45) is 5.96. The molecule has 68 valence electrons. The maximum Gasteiger partial charge on any atom is 0.0596 e. The Labute approximate surface area is 71.1 Å². The first-order valence-electron chi connectivity index (χ1n) is 4.87. The van der Waals surface area contributed by atoms with Crippen molar-refractivity contribution in [3.05, 3.63) is 0 Å². The first-order valence-corrected chi connectivity index (χ1v) is 4.87. The van der Waals surface area contributed by atoms with Crippen LogP contribution < -0.4 is 0 Å². The van der Waals surface area contributed by atoms with Crippen molar-refractivity contribution in [2.24, 2.45) is 5.92 Å². The number of hydrogen-bond donors (Lipinski definition) is 0. The van der Waals surface area contributed by atoms with E-state index < -0.39 is 0 Å². The lowest BCUT2D eigenvalue weighted by Crippen LogP contribution is -2.23. The summed E-state index contributed by atoms with van der Waals surface area (Å²) in [5.74, 6) is 0.795. The predicted octanol–water partition coefficient (Wildman–Crippen LogP) is 3.24. The summed E-state index contributed by atoms with van der Waals surface area (Å²) in [7, 11) is 1.83. The lowest BCUT2D eigenvalue weighted by Gasteiger charge is -2.26. The van der Waals surface area contributed by atoms with Crippen molar-refractivity contribution in [1.82, 2.24) is 0 Å². The normalized spacial score (nSPS) is 30.5. The van der Waals surface area contributed by atoms with E-state index in [1.807, 2.05) is 21.0 Å². The molecule has 1 saturated carbocycles. The van der Waals surface area contributed by atoms with E-state index in [0.717, 1.165) is 5.92 Å². The molecule has 0 amide bonds. The Hall–Kier alpha value is -0.0400. The number of hydrogen-bond acceptors (Lipinski definition) is 1. The van der Waals surface area contributed by atoms with Crippen molar-refractivity contribution in [2.75, 3.05) is 7.11 Å². The fourth-order valence-electron chi connectivity index (χ4n) is 1.63. The Morgan fingerprint density at radius 3 is 2.00 bits per heavy atom. The first-order chi connectivity index (χ1) is 5.34. The Balaban J connectivity index is 0.000000461. The lowest BCUT2D eigenvalue weighted by molar-refractivity contribution is 0.0310. The highest BCUT2D eigenvalue weighted by molar-refractivity contribution is 4.71. The minimum absolute atomic E-state index is 0.554. The van der Waals surface area contributed by atoms with Crippen LogP contribution in [0.2, 0.25) is 0 Å². The summed E-state index contributed by atoms with van der Waals surface area (Å²) < 4.78 is 5.30. The van der Waals surface area contributed by atoms with E-state index >= 15 is 0 Å². The standard InChI is InChI=1S/C8H16O.C2H6/c1-7-5-3-4-6-8(7)9-2;1-2/h7-8H,3-6H2,1-2H3;1-2H3/t7-,8+;/m1./s1. The van der Waals surface area contributed by atoms with E-state index in [4.69, 9.17) is 4.74 Å². The van der Waals surface area contributed by atoms with Gasteiger partial charge < -0.3 is 4.74 Å². The molecule has 0 N–H and O–H groups in total. The predicted molar refractivity (Wildman–Crippen MR) is 49.8 cm³/mol. The van der Waals surface area contributed by atoms with Gasteiger partial charge in [0.2, 0.25) is 0 Å². The smallest absolute Gasteiger partial charge is 0.0596 e. The molecule has 0 aliphatic heterocycles. The summed E-state index contributed by atoms with van der Waals surface area (Å²) >= 11 is 0. The van der Waals surface area contributed by atoms with Gasteiger partial charge in [0.1, 0.15) is 0 Å². The Morgan fingerprint density at radius 2 is 1.64 bits per heavy atom. The molecule has 11 heavy (non-hydrogen) atoms. The number of ether oxygens (including phenoxy) is 1. The zero-order chi connectivity index (χ0) is 8.69. The maximum absolute atomic E-state index is 5.30. The minimum atomic E-state index is 0.554. The van der Waals surface area contributed by atoms with Crippen LogP contribution in [0, 0.1) is 5.92 Å². The van der Waals surface area contributed by atoms with Gasteiger partial charge in [-0.2, -0.15) is 0 Å². The van der Waals surface area contributed by atoms with E-state index in [9.17, 15) is 0 Å². The summed E-state index contributed by atoms with van der Waals surface area (Å²) in [5, 5.41) is 0. The zero-order valence-corrected chi connectivity index (χ0v) is 8.39. The molecule has 0 aromatic heterocycles. The van der Waals surface area contributed by atoms with Crippen molar-refractivity contribution in [2.45, 2.75) is 52.6 Å². The summed E-state index contributed by atoms with van der Waals surface area (Å²) in [5.41, 5.74) is 0. The largest absolute Gasteiger partial charge is 0.381 e. The molecule has 2 atom stereocenters. The first kappa shape index (κ1) is 11.0. The molecule has 1 fully saturated rings. The fourth-order valence-corrected chi connectivity index (χ4v) is 1.63. The highest BCUT2D eigenvalue weighted by Crippen LogP contribution is 2.25. The molecule has 0 radical (unpaired) electrons. The van der Waals surface area contributed by atoms with Crippen LogP contribution in [0.3, 0.4) is 0 Å². The molecule has 0 heterocycles. The minimum Gasteiger partial charge on any atom is -0.381 e. The molecule has 0 aromatic rings. The third-order valence-corrected chi connectivity index (χ3v) is 2.34. The SMILES string of the molecule is CC.CO[C@H]1CCCC[C@H]1C. The topological polar surface area (TPSA) is 9.23 Å². The van der Waals surface area contributed by atoms with Gasteiger partial charge in [0, 0.05) is 7.11 Å². The molecule has 0 unspecified atom stereocenters. The van der Waals surface area contributed by atoms with Crippen LogP contribution in [0.4, 0.5) is 0 Å². The van der Waals surface area contributed by atoms with E-state index in [2.05, 4.69) is 6.92 Å². The molecule has 0 aromatic carbocycles. The van der Waals surface area contributed by atoms with Gasteiger partial charge in [0.05, 0.1) is 6.10 Å². The van der Waals surface area contributed by atoms with E-state index in [-0.39, 0.29) is 0 Å². The van der Waals surface area contributed by atoms with Crippen LogP contribution in [0.1, 0.15) is 46.5 Å². The van der Waals surface area contributed by atoms with Crippen molar-refractivity contribution < 1.29 is 4.74 Å². The molecule has 1 nitrogen and oxygen atoms in total. The summed E-state index contributed by atoms with van der Waals surface area (Å²) in [4.78, 5) is 0. The number of rotatable bonds is 1. The molecule has 1 aliphatic carbocycles. The van der Waals surface area contributed by atoms with Gasteiger partial charge in [0.25, 0.3) is 0 Å². The van der Waals surface area contributed by atoms with Gasteiger partial charge in [-0.3, -0.25) is 0 Å². The van der Waals surface area contributed by atoms with Gasteiger partial charge in [-0.1, -0.05) is 33.6 Å². The lowest BCUT2D eigenvalue weighted by atomic mass is 9.88. The highest BCUT2D eigenvalue weighted by atomic mass is 16.5. The van der Waals surface area contributed by atoms with Crippen LogP contribution in [0.25, 0.3) is 0 Å². The van der Waals surface area contributed by atoms with Crippen molar-refractivity contribution in [3.8, 4) is 0 Å². The van der Waals surface area contributed by atoms with Crippen molar-refractivity contribution >= 4 is 0 Å². The monoisotopic (exact) mass is 158 g/mol. The van der Waals surface area contributed by atoms with Crippen LogP contribution in [0.15, 0.2) is 0 Å². The van der Waals surface area contributed by atoms with Gasteiger partial charge >= 0.3 is 0 Å². The summed E-state index contributed by atoms with van der Waals surface area (Å²) in [6, 6.07) is 0. The molecule has 0 bridgehead atoms. The number of methoxy groups -OCH3 is 1. The third-order valence-electron chi connectivity index (χ3n) is 2.34. The van der Waals surface area contributed by atoms with Crippen LogP contribution in [0.5, 0.6) is 0 Å². The maximum atomic E-state index is 5.30. The molecule has 0 spiro atoms. The second kappa shape index (κ2) is 6.66. The molecular formula is C10H22O. The molecule has 1 rings (SSSR count). The van der Waals surface area contributed by atoms with Crippen LogP contribution >= 0.6 is 0 Å². The molecule has 1 heteroatoms.